The van der Waals surface area contributed by atoms with Gasteiger partial charge in [0.1, 0.15) is 0 Å². The minimum atomic E-state index is -0.417. The zero-order valence-electron chi connectivity index (χ0n) is 5.11. The highest BCUT2D eigenvalue weighted by atomic mass is 28.1. The zero-order chi connectivity index (χ0) is 6.41. The highest BCUT2D eigenvalue weighted by molar-refractivity contribution is 6.08. The van der Waals surface area contributed by atoms with Gasteiger partial charge < -0.3 is 11.1 Å². The molecule has 0 atom stereocenters. The summed E-state index contributed by atoms with van der Waals surface area (Å²) in [5, 5.41) is 2.51. The fourth-order valence-electron chi connectivity index (χ4n) is 0.388. The number of carbonyl (C=O) groups is 1. The van der Waals surface area contributed by atoms with Crippen LogP contribution in [-0.2, 0) is 0 Å². The second kappa shape index (κ2) is 4.64. The molecule has 2 amide bonds. The van der Waals surface area contributed by atoms with Crippen molar-refractivity contribution < 1.29 is 4.79 Å². The monoisotopic (exact) mass is 132 g/mol. The SMILES string of the molecule is NC(=O)NCCC[SiH3]. The Hall–Kier alpha value is -0.513. The van der Waals surface area contributed by atoms with Gasteiger partial charge in [0, 0.05) is 16.8 Å². The quantitative estimate of drug-likeness (QED) is 0.369. The number of carbonyl (C=O) groups excluding carboxylic acids is 1. The number of amides is 2. The Bertz CT molecular complexity index is 76.4. The molecule has 8 heavy (non-hydrogen) atoms. The molecular weight excluding hydrogens is 120 g/mol. The smallest absolute Gasteiger partial charge is 0.312 e. The van der Waals surface area contributed by atoms with Crippen molar-refractivity contribution in [1.82, 2.24) is 5.32 Å². The third-order valence-electron chi connectivity index (χ3n) is 0.830. The second-order valence-electron chi connectivity index (χ2n) is 1.64. The first-order valence-corrected chi connectivity index (χ1v) is 4.22. The van der Waals surface area contributed by atoms with Crippen LogP contribution in [0.15, 0.2) is 0 Å². The van der Waals surface area contributed by atoms with Gasteiger partial charge in [-0.3, -0.25) is 0 Å². The molecule has 48 valence electrons. The first-order valence-electron chi connectivity index (χ1n) is 2.80. The van der Waals surface area contributed by atoms with Gasteiger partial charge in [0.2, 0.25) is 0 Å². The minimum Gasteiger partial charge on any atom is -0.352 e. The maximum absolute atomic E-state index is 10.00. The Morgan fingerprint density at radius 3 is 2.75 bits per heavy atom. The van der Waals surface area contributed by atoms with Crippen LogP contribution in [0.3, 0.4) is 0 Å². The average molecular weight is 132 g/mol. The molecule has 0 fully saturated rings. The molecule has 4 heteroatoms. The van der Waals surface area contributed by atoms with E-state index in [0.29, 0.717) is 0 Å². The fourth-order valence-corrected chi connectivity index (χ4v) is 0.742. The Kier molecular flexibility index (Phi) is 4.34. The highest BCUT2D eigenvalue weighted by Crippen LogP contribution is 1.78. The van der Waals surface area contributed by atoms with Crippen LogP contribution in [0.25, 0.3) is 0 Å². The molecule has 0 aliphatic heterocycles. The third-order valence-corrected chi connectivity index (χ3v) is 1.54. The molecule has 0 aliphatic carbocycles. The summed E-state index contributed by atoms with van der Waals surface area (Å²) in [5.41, 5.74) is 4.79. The van der Waals surface area contributed by atoms with Crippen LogP contribution in [0.5, 0.6) is 0 Å². The molecule has 0 aromatic carbocycles. The van der Waals surface area contributed by atoms with E-state index in [1.165, 1.54) is 16.3 Å². The van der Waals surface area contributed by atoms with Gasteiger partial charge in [-0.1, -0.05) is 6.04 Å². The van der Waals surface area contributed by atoms with E-state index >= 15 is 0 Å². The van der Waals surface area contributed by atoms with Crippen LogP contribution >= 0.6 is 0 Å². The molecule has 0 aromatic rings. The van der Waals surface area contributed by atoms with E-state index in [1.807, 2.05) is 0 Å². The van der Waals surface area contributed by atoms with Crippen LogP contribution in [0.2, 0.25) is 6.04 Å². The molecule has 0 radical (unpaired) electrons. The third kappa shape index (κ3) is 5.49. The van der Waals surface area contributed by atoms with E-state index < -0.39 is 6.03 Å². The van der Waals surface area contributed by atoms with Crippen molar-refractivity contribution in [2.75, 3.05) is 6.54 Å². The van der Waals surface area contributed by atoms with Crippen LogP contribution < -0.4 is 11.1 Å². The molecule has 0 unspecified atom stereocenters. The van der Waals surface area contributed by atoms with Crippen molar-refractivity contribution in [3.8, 4) is 0 Å². The minimum absolute atomic E-state index is 0.417. The number of rotatable bonds is 3. The van der Waals surface area contributed by atoms with Crippen molar-refractivity contribution in [3.63, 3.8) is 0 Å². The Balaban J connectivity index is 2.82. The van der Waals surface area contributed by atoms with E-state index in [2.05, 4.69) is 5.32 Å². The molecule has 3 N–H and O–H groups in total. The molecule has 3 nitrogen and oxygen atoms in total. The first kappa shape index (κ1) is 7.49. The Morgan fingerprint density at radius 2 is 2.38 bits per heavy atom. The number of urea groups is 1. The molecule has 0 rings (SSSR count). The summed E-state index contributed by atoms with van der Waals surface area (Å²) in [7, 11) is 1.21. The molecule has 0 aliphatic rings. The lowest BCUT2D eigenvalue weighted by Gasteiger charge is -1.96. The van der Waals surface area contributed by atoms with E-state index in [-0.39, 0.29) is 0 Å². The summed E-state index contributed by atoms with van der Waals surface area (Å²) in [6.45, 7) is 0.735. The van der Waals surface area contributed by atoms with Crippen LogP contribution in [0, 0.1) is 0 Å². The second-order valence-corrected chi connectivity index (χ2v) is 2.64. The van der Waals surface area contributed by atoms with E-state index in [1.54, 1.807) is 0 Å². The number of primary amides is 1. The van der Waals surface area contributed by atoms with Gasteiger partial charge >= 0.3 is 6.03 Å². The number of nitrogens with one attached hydrogen (secondary N) is 1. The Morgan fingerprint density at radius 1 is 1.75 bits per heavy atom. The van der Waals surface area contributed by atoms with Crippen LogP contribution in [0.1, 0.15) is 6.42 Å². The van der Waals surface area contributed by atoms with Gasteiger partial charge in [-0.05, 0) is 6.42 Å². The van der Waals surface area contributed by atoms with Gasteiger partial charge in [-0.2, -0.15) is 0 Å². The number of hydrogen-bond acceptors (Lipinski definition) is 1. The molecular formula is C4H12N2OSi. The van der Waals surface area contributed by atoms with E-state index in [0.717, 1.165) is 13.0 Å². The van der Waals surface area contributed by atoms with E-state index in [9.17, 15) is 4.79 Å². The Labute approximate surface area is 52.1 Å². The van der Waals surface area contributed by atoms with Crippen molar-refractivity contribution in [1.29, 1.82) is 0 Å². The molecule has 0 aromatic heterocycles. The largest absolute Gasteiger partial charge is 0.352 e. The predicted molar refractivity (Wildman–Crippen MR) is 36.9 cm³/mol. The summed E-state index contributed by atoms with van der Waals surface area (Å²) in [6, 6.07) is 0.806. The maximum Gasteiger partial charge on any atom is 0.312 e. The van der Waals surface area contributed by atoms with Crippen molar-refractivity contribution in [2.24, 2.45) is 5.73 Å². The zero-order valence-corrected chi connectivity index (χ0v) is 7.11. The number of hydrogen-bond donors (Lipinski definition) is 2. The maximum atomic E-state index is 10.00. The van der Waals surface area contributed by atoms with Crippen LogP contribution in [0.4, 0.5) is 4.79 Å². The van der Waals surface area contributed by atoms with Crippen molar-refractivity contribution >= 4 is 16.3 Å². The van der Waals surface area contributed by atoms with Crippen LogP contribution in [-0.4, -0.2) is 22.8 Å². The summed E-state index contributed by atoms with van der Waals surface area (Å²) < 4.78 is 0. The molecule has 0 bridgehead atoms. The lowest BCUT2D eigenvalue weighted by atomic mass is 10.5. The fraction of sp³-hybridized carbons (Fsp3) is 0.750. The molecule has 0 spiro atoms. The van der Waals surface area contributed by atoms with E-state index in [4.69, 9.17) is 5.73 Å². The van der Waals surface area contributed by atoms with Crippen molar-refractivity contribution in [3.05, 3.63) is 0 Å². The number of nitrogens with two attached hydrogens (primary N) is 1. The predicted octanol–water partition coefficient (Wildman–Crippen LogP) is -1.17. The lowest BCUT2D eigenvalue weighted by molar-refractivity contribution is 0.249. The highest BCUT2D eigenvalue weighted by Gasteiger charge is 1.86. The summed E-state index contributed by atoms with van der Waals surface area (Å²) in [5.74, 6) is 0. The lowest BCUT2D eigenvalue weighted by Crippen LogP contribution is -2.29. The molecule has 0 saturated heterocycles. The first-order chi connectivity index (χ1) is 3.77. The standard InChI is InChI=1S/C4H12N2OSi/c5-4(7)6-2-1-3-8/h1-3H2,8H3,(H3,5,6,7). The van der Waals surface area contributed by atoms with Crippen molar-refractivity contribution in [2.45, 2.75) is 12.5 Å². The molecule has 0 heterocycles. The van der Waals surface area contributed by atoms with Gasteiger partial charge in [0.05, 0.1) is 0 Å². The normalized spacial score (nSPS) is 9.00. The summed E-state index contributed by atoms with van der Waals surface area (Å²) in [6.07, 6.45) is 1.06. The van der Waals surface area contributed by atoms with Gasteiger partial charge in [-0.25, -0.2) is 4.79 Å². The summed E-state index contributed by atoms with van der Waals surface area (Å²) in [4.78, 5) is 10.00. The van der Waals surface area contributed by atoms with Gasteiger partial charge in [0.15, 0.2) is 0 Å². The van der Waals surface area contributed by atoms with Gasteiger partial charge in [0.25, 0.3) is 0 Å². The summed E-state index contributed by atoms with van der Waals surface area (Å²) >= 11 is 0. The average Bonchev–Trinajstić information content (AvgIpc) is 1.66. The van der Waals surface area contributed by atoms with Gasteiger partial charge in [-0.15, -0.1) is 0 Å². The topological polar surface area (TPSA) is 55.1 Å². The molecule has 0 saturated carbocycles.